The molecule has 0 bridgehead atoms. The van der Waals surface area contributed by atoms with Gasteiger partial charge >= 0.3 is 12.0 Å². The molecule has 1 aliphatic rings. The molecule has 0 radical (unpaired) electrons. The van der Waals surface area contributed by atoms with E-state index in [4.69, 9.17) is 22.1 Å². The van der Waals surface area contributed by atoms with Gasteiger partial charge in [-0.1, -0.05) is 17.7 Å². The molecule has 0 aromatic heterocycles. The number of hydrogen-bond donors (Lipinski definition) is 3. The van der Waals surface area contributed by atoms with Crippen molar-refractivity contribution in [3.63, 3.8) is 0 Å². The number of nitrogens with zero attached hydrogens (tertiary/aromatic N) is 1. The van der Waals surface area contributed by atoms with Gasteiger partial charge in [-0.15, -0.1) is 0 Å². The van der Waals surface area contributed by atoms with Crippen LogP contribution in [0.1, 0.15) is 34.3 Å². The van der Waals surface area contributed by atoms with E-state index in [1.807, 2.05) is 0 Å². The lowest BCUT2D eigenvalue weighted by molar-refractivity contribution is -0.122. The predicted molar refractivity (Wildman–Crippen MR) is 120 cm³/mol. The van der Waals surface area contributed by atoms with Crippen molar-refractivity contribution in [1.29, 1.82) is 0 Å². The molecule has 1 aliphatic carbocycles. The van der Waals surface area contributed by atoms with Crippen molar-refractivity contribution in [3.05, 3.63) is 58.1 Å². The maximum Gasteiger partial charge on any atom is 0.347 e. The molecular formula is C22H23ClN4O5. The molecule has 2 aromatic carbocycles. The Bertz CT molecular complexity index is 1080. The maximum atomic E-state index is 12.4. The van der Waals surface area contributed by atoms with Gasteiger partial charge in [0.1, 0.15) is 17.1 Å². The van der Waals surface area contributed by atoms with E-state index in [9.17, 15) is 14.4 Å². The van der Waals surface area contributed by atoms with Crippen molar-refractivity contribution < 1.29 is 23.9 Å². The molecule has 0 spiro atoms. The molecule has 0 heterocycles. The van der Waals surface area contributed by atoms with Crippen molar-refractivity contribution in [2.24, 2.45) is 16.6 Å². The van der Waals surface area contributed by atoms with Gasteiger partial charge in [0, 0.05) is 29.8 Å². The lowest BCUT2D eigenvalue weighted by atomic mass is 10.1. The van der Waals surface area contributed by atoms with E-state index >= 15 is 0 Å². The molecule has 1 fully saturated rings. The van der Waals surface area contributed by atoms with E-state index in [0.717, 1.165) is 18.4 Å². The first-order chi connectivity index (χ1) is 15.3. The number of rotatable bonds is 7. The highest BCUT2D eigenvalue weighted by Crippen LogP contribution is 2.29. The number of methoxy groups -OCH3 is 2. The number of nitrogens with one attached hydrogen (secondary N) is 2. The average molecular weight is 459 g/mol. The fraction of sp³-hybridized carbons (Fsp3) is 0.273. The number of carbonyl (C=O) groups is 3. The number of carbonyl (C=O) groups excluding carboxylic acids is 3. The number of urea groups is 1. The maximum absolute atomic E-state index is 12.4. The Kier molecular flexibility index (Phi) is 7.32. The number of anilines is 1. The largest absolute Gasteiger partial charge is 0.496 e. The Morgan fingerprint density at radius 2 is 1.88 bits per heavy atom. The number of nitrogens with two attached hydrogens (primary N) is 1. The quantitative estimate of drug-likeness (QED) is 0.332. The third-order valence-electron chi connectivity index (χ3n) is 4.80. The minimum atomic E-state index is -0.737. The molecule has 10 heteroatoms. The van der Waals surface area contributed by atoms with Crippen LogP contribution in [-0.2, 0) is 16.1 Å². The van der Waals surface area contributed by atoms with Crippen LogP contribution in [0.15, 0.2) is 41.4 Å². The van der Waals surface area contributed by atoms with E-state index < -0.39 is 12.0 Å². The molecule has 0 aliphatic heterocycles. The minimum Gasteiger partial charge on any atom is -0.496 e. The number of amides is 3. The summed E-state index contributed by atoms with van der Waals surface area (Å²) in [7, 11) is 2.65. The predicted octanol–water partition coefficient (Wildman–Crippen LogP) is 3.10. The fourth-order valence-electron chi connectivity index (χ4n) is 2.93. The Balaban J connectivity index is 1.71. The summed E-state index contributed by atoms with van der Waals surface area (Å²) in [4.78, 5) is 39.8. The summed E-state index contributed by atoms with van der Waals surface area (Å²) in [5, 5.41) is 5.74. The lowest BCUT2D eigenvalue weighted by Crippen LogP contribution is -2.24. The second-order valence-corrected chi connectivity index (χ2v) is 7.55. The molecule has 168 valence electrons. The monoisotopic (exact) mass is 458 g/mol. The van der Waals surface area contributed by atoms with E-state index in [1.54, 1.807) is 18.2 Å². The molecule has 3 amide bonds. The molecule has 0 atom stereocenters. The number of aliphatic imine (C=N–C) groups is 1. The molecule has 9 nitrogen and oxygen atoms in total. The van der Waals surface area contributed by atoms with E-state index in [-0.39, 0.29) is 29.0 Å². The summed E-state index contributed by atoms with van der Waals surface area (Å²) < 4.78 is 9.86. The highest BCUT2D eigenvalue weighted by Gasteiger charge is 2.29. The molecule has 3 rings (SSSR count). The zero-order valence-electron chi connectivity index (χ0n) is 17.6. The summed E-state index contributed by atoms with van der Waals surface area (Å²) in [6, 6.07) is 8.77. The van der Waals surface area contributed by atoms with Crippen molar-refractivity contribution >= 4 is 41.0 Å². The molecular weight excluding hydrogens is 436 g/mol. The van der Waals surface area contributed by atoms with Crippen LogP contribution in [0.4, 0.5) is 10.5 Å². The molecule has 32 heavy (non-hydrogen) atoms. The van der Waals surface area contributed by atoms with Crippen LogP contribution in [0, 0.1) is 5.92 Å². The van der Waals surface area contributed by atoms with Crippen LogP contribution in [0.3, 0.4) is 0 Å². The molecule has 4 N–H and O–H groups in total. The summed E-state index contributed by atoms with van der Waals surface area (Å²) in [5.41, 5.74) is 7.72. The first kappa shape index (κ1) is 23.1. The van der Waals surface area contributed by atoms with Gasteiger partial charge in [0.2, 0.25) is 5.91 Å². The number of esters is 1. The summed E-state index contributed by atoms with van der Waals surface area (Å²) >= 11 is 6.22. The zero-order valence-corrected chi connectivity index (χ0v) is 18.4. The van der Waals surface area contributed by atoms with Gasteiger partial charge in [-0.2, -0.15) is 4.99 Å². The number of halogens is 1. The number of amidine groups is 1. The van der Waals surface area contributed by atoms with Crippen molar-refractivity contribution in [2.45, 2.75) is 19.4 Å². The van der Waals surface area contributed by atoms with Crippen molar-refractivity contribution in [1.82, 2.24) is 5.32 Å². The topological polar surface area (TPSA) is 132 Å². The second kappa shape index (κ2) is 10.1. The van der Waals surface area contributed by atoms with Gasteiger partial charge in [-0.3, -0.25) is 4.79 Å². The first-order valence-corrected chi connectivity index (χ1v) is 10.2. The number of benzene rings is 2. The summed E-state index contributed by atoms with van der Waals surface area (Å²) in [6.07, 6.45) is 1.84. The van der Waals surface area contributed by atoms with Crippen LogP contribution in [-0.4, -0.2) is 38.0 Å². The Morgan fingerprint density at radius 3 is 2.53 bits per heavy atom. The van der Waals surface area contributed by atoms with E-state index in [0.29, 0.717) is 22.8 Å². The average Bonchev–Trinajstić information content (AvgIpc) is 3.63. The van der Waals surface area contributed by atoms with Crippen LogP contribution in [0.25, 0.3) is 0 Å². The Morgan fingerprint density at radius 1 is 1.12 bits per heavy atom. The van der Waals surface area contributed by atoms with Crippen LogP contribution < -0.4 is 21.1 Å². The van der Waals surface area contributed by atoms with E-state index in [2.05, 4.69) is 20.4 Å². The van der Waals surface area contributed by atoms with Gasteiger partial charge < -0.3 is 25.8 Å². The zero-order chi connectivity index (χ0) is 23.3. The van der Waals surface area contributed by atoms with Crippen LogP contribution in [0.5, 0.6) is 5.75 Å². The highest BCUT2D eigenvalue weighted by molar-refractivity contribution is 6.34. The van der Waals surface area contributed by atoms with Gasteiger partial charge in [-0.25, -0.2) is 9.59 Å². The normalized spacial score (nSPS) is 13.3. The van der Waals surface area contributed by atoms with Gasteiger partial charge in [0.25, 0.3) is 0 Å². The summed E-state index contributed by atoms with van der Waals surface area (Å²) in [5.74, 6) is -0.282. The highest BCUT2D eigenvalue weighted by atomic mass is 35.5. The van der Waals surface area contributed by atoms with Gasteiger partial charge in [0.05, 0.1) is 19.2 Å². The fourth-order valence-corrected chi connectivity index (χ4v) is 3.14. The van der Waals surface area contributed by atoms with E-state index in [1.165, 1.54) is 32.4 Å². The number of hydrogen-bond acceptors (Lipinski definition) is 5. The van der Waals surface area contributed by atoms with Gasteiger partial charge in [0.15, 0.2) is 0 Å². The van der Waals surface area contributed by atoms with Gasteiger partial charge in [-0.05, 0) is 42.7 Å². The van der Waals surface area contributed by atoms with Crippen LogP contribution in [0.2, 0.25) is 5.02 Å². The molecule has 1 saturated carbocycles. The third-order valence-corrected chi connectivity index (χ3v) is 5.13. The standard InChI is InChI=1S/C22H23ClN4O5/c1-31-18-10-14(6-7-15(18)21(29)32-2)26-22(30)27-19(24)16-9-12(3-8-17(16)23)11-25-20(28)13-4-5-13/h3,6-10,13H,4-5,11H2,1-2H3,(H,25,28)(H3,24,26,27,30). The lowest BCUT2D eigenvalue weighted by Gasteiger charge is -2.10. The Hall–Kier alpha value is -3.59. The first-order valence-electron chi connectivity index (χ1n) is 9.80. The Labute approximate surface area is 189 Å². The molecule has 2 aromatic rings. The molecule has 0 saturated heterocycles. The third kappa shape index (κ3) is 5.76. The SMILES string of the molecule is COC(=O)c1ccc(NC(=O)/N=C(\N)c2cc(CNC(=O)C3CC3)ccc2Cl)cc1OC. The smallest absolute Gasteiger partial charge is 0.347 e. The van der Waals surface area contributed by atoms with Crippen LogP contribution >= 0.6 is 11.6 Å². The molecule has 0 unspecified atom stereocenters. The summed E-state index contributed by atoms with van der Waals surface area (Å²) in [6.45, 7) is 0.325. The van der Waals surface area contributed by atoms with Crippen molar-refractivity contribution in [3.8, 4) is 5.75 Å². The second-order valence-electron chi connectivity index (χ2n) is 7.14. The number of ether oxygens (including phenoxy) is 2. The van der Waals surface area contributed by atoms with Crippen molar-refractivity contribution in [2.75, 3.05) is 19.5 Å². The minimum absolute atomic E-state index is 0.0242.